The van der Waals surface area contributed by atoms with E-state index in [2.05, 4.69) is 11.1 Å². The Bertz CT molecular complexity index is 691. The van der Waals surface area contributed by atoms with Crippen LogP contribution in [0.3, 0.4) is 0 Å². The first-order valence-corrected chi connectivity index (χ1v) is 6.26. The Morgan fingerprint density at radius 2 is 2.20 bits per heavy atom. The zero-order valence-corrected chi connectivity index (χ0v) is 11.4. The van der Waals surface area contributed by atoms with Crippen molar-refractivity contribution >= 4 is 22.7 Å². The van der Waals surface area contributed by atoms with Crippen molar-refractivity contribution in [3.63, 3.8) is 0 Å². The van der Waals surface area contributed by atoms with Crippen LogP contribution in [-0.4, -0.2) is 29.7 Å². The number of carbonyl (C=O) groups is 1. The summed E-state index contributed by atoms with van der Waals surface area (Å²) in [6.07, 6.45) is 0. The van der Waals surface area contributed by atoms with E-state index in [9.17, 15) is 4.79 Å². The third-order valence-electron chi connectivity index (χ3n) is 3.11. The Morgan fingerprint density at radius 1 is 1.45 bits per heavy atom. The van der Waals surface area contributed by atoms with E-state index in [1.807, 2.05) is 18.9 Å². The van der Waals surface area contributed by atoms with Crippen molar-refractivity contribution in [1.29, 1.82) is 5.26 Å². The largest absolute Gasteiger partial charge is 0.478 e. The van der Waals surface area contributed by atoms with Crippen LogP contribution in [0.25, 0.3) is 10.9 Å². The topological polar surface area (TPSA) is 77.2 Å². The lowest BCUT2D eigenvalue weighted by Gasteiger charge is -2.19. The smallest absolute Gasteiger partial charge is 0.336 e. The molecule has 2 rings (SSSR count). The molecule has 1 heterocycles. The average Bonchev–Trinajstić information content (AvgIpc) is 2.45. The number of carboxylic acid groups (broad SMARTS) is 1. The Labute approximate surface area is 117 Å². The van der Waals surface area contributed by atoms with Gasteiger partial charge in [0.2, 0.25) is 0 Å². The molecule has 2 aromatic rings. The van der Waals surface area contributed by atoms with E-state index in [4.69, 9.17) is 10.4 Å². The molecule has 1 aromatic carbocycles. The van der Waals surface area contributed by atoms with Gasteiger partial charge < -0.3 is 10.0 Å². The highest BCUT2D eigenvalue weighted by Gasteiger charge is 2.11. The summed E-state index contributed by atoms with van der Waals surface area (Å²) in [5, 5.41) is 18.6. The summed E-state index contributed by atoms with van der Waals surface area (Å²) in [7, 11) is 1.86. The molecule has 1 unspecified atom stereocenters. The van der Waals surface area contributed by atoms with Gasteiger partial charge in [-0.3, -0.25) is 0 Å². The molecule has 1 atom stereocenters. The van der Waals surface area contributed by atoms with Crippen LogP contribution in [0, 0.1) is 17.2 Å². The summed E-state index contributed by atoms with van der Waals surface area (Å²) in [5.74, 6) is -0.332. The summed E-state index contributed by atoms with van der Waals surface area (Å²) in [4.78, 5) is 17.5. The number of fused-ring (bicyclic) bond motifs is 1. The van der Waals surface area contributed by atoms with E-state index < -0.39 is 5.97 Å². The molecule has 0 aliphatic rings. The number of aromatic carboxylic acids is 1. The molecule has 0 saturated carbocycles. The van der Waals surface area contributed by atoms with Crippen LogP contribution in [0.2, 0.25) is 0 Å². The van der Waals surface area contributed by atoms with Gasteiger partial charge in [0.25, 0.3) is 0 Å². The lowest BCUT2D eigenvalue weighted by atomic mass is 10.1. The molecule has 102 valence electrons. The van der Waals surface area contributed by atoms with Crippen molar-refractivity contribution in [2.45, 2.75) is 6.92 Å². The summed E-state index contributed by atoms with van der Waals surface area (Å²) in [6.45, 7) is 2.42. The molecule has 0 radical (unpaired) electrons. The molecule has 20 heavy (non-hydrogen) atoms. The van der Waals surface area contributed by atoms with E-state index in [1.54, 1.807) is 30.3 Å². The molecule has 5 nitrogen and oxygen atoms in total. The molecule has 0 saturated heterocycles. The number of rotatable bonds is 4. The van der Waals surface area contributed by atoms with Gasteiger partial charge in [-0.1, -0.05) is 6.07 Å². The van der Waals surface area contributed by atoms with Crippen molar-refractivity contribution in [3.05, 3.63) is 35.9 Å². The van der Waals surface area contributed by atoms with Gasteiger partial charge >= 0.3 is 5.97 Å². The minimum absolute atomic E-state index is 0.0946. The Morgan fingerprint density at radius 3 is 2.85 bits per heavy atom. The second-order valence-corrected chi connectivity index (χ2v) is 4.76. The molecule has 0 bridgehead atoms. The first-order chi connectivity index (χ1) is 9.52. The maximum absolute atomic E-state index is 11.1. The minimum atomic E-state index is -0.961. The number of hydrogen-bond donors (Lipinski definition) is 1. The Hall–Kier alpha value is -2.61. The van der Waals surface area contributed by atoms with Crippen LogP contribution in [-0.2, 0) is 0 Å². The van der Waals surface area contributed by atoms with Crippen LogP contribution in [0.5, 0.6) is 0 Å². The molecule has 0 aliphatic carbocycles. The van der Waals surface area contributed by atoms with Crippen molar-refractivity contribution in [3.8, 4) is 6.07 Å². The Kier molecular flexibility index (Phi) is 3.85. The van der Waals surface area contributed by atoms with E-state index in [1.165, 1.54) is 0 Å². The highest BCUT2D eigenvalue weighted by molar-refractivity contribution is 6.02. The number of nitrogens with zero attached hydrogens (tertiary/aromatic N) is 3. The van der Waals surface area contributed by atoms with Gasteiger partial charge in [-0.25, -0.2) is 9.78 Å². The first kappa shape index (κ1) is 13.8. The normalized spacial score (nSPS) is 11.8. The van der Waals surface area contributed by atoms with Crippen LogP contribution in [0.4, 0.5) is 5.82 Å². The predicted molar refractivity (Wildman–Crippen MR) is 76.7 cm³/mol. The highest BCUT2D eigenvalue weighted by Crippen LogP contribution is 2.21. The molecule has 1 N–H and O–H groups in total. The fourth-order valence-electron chi connectivity index (χ4n) is 2.09. The molecular weight excluding hydrogens is 254 g/mol. The third kappa shape index (κ3) is 2.69. The molecule has 5 heteroatoms. The standard InChI is InChI=1S/C15H15N3O2/c1-10(8-16)9-18(2)14-7-6-11-12(15(19)20)4-3-5-13(11)17-14/h3-7,10H,9H2,1-2H3,(H,19,20). The summed E-state index contributed by atoms with van der Waals surface area (Å²) >= 11 is 0. The summed E-state index contributed by atoms with van der Waals surface area (Å²) in [5.41, 5.74) is 0.883. The van der Waals surface area contributed by atoms with Gasteiger partial charge in [0.05, 0.1) is 23.1 Å². The molecule has 0 aliphatic heterocycles. The van der Waals surface area contributed by atoms with Crippen LogP contribution in [0.1, 0.15) is 17.3 Å². The maximum atomic E-state index is 11.1. The predicted octanol–water partition coefficient (Wildman–Crippen LogP) is 2.53. The monoisotopic (exact) mass is 269 g/mol. The van der Waals surface area contributed by atoms with Gasteiger partial charge in [0, 0.05) is 19.0 Å². The molecule has 0 fully saturated rings. The third-order valence-corrected chi connectivity index (χ3v) is 3.11. The number of anilines is 1. The molecular formula is C15H15N3O2. The van der Waals surface area contributed by atoms with Crippen LogP contribution >= 0.6 is 0 Å². The number of nitriles is 1. The number of carboxylic acids is 1. The van der Waals surface area contributed by atoms with Gasteiger partial charge in [0.15, 0.2) is 0 Å². The summed E-state index contributed by atoms with van der Waals surface area (Å²) in [6, 6.07) is 10.7. The van der Waals surface area contributed by atoms with E-state index in [0.29, 0.717) is 17.4 Å². The van der Waals surface area contributed by atoms with Crippen molar-refractivity contribution < 1.29 is 9.90 Å². The van der Waals surface area contributed by atoms with E-state index >= 15 is 0 Å². The second kappa shape index (κ2) is 5.57. The first-order valence-electron chi connectivity index (χ1n) is 6.26. The van der Waals surface area contributed by atoms with Crippen LogP contribution < -0.4 is 4.90 Å². The molecule has 0 amide bonds. The van der Waals surface area contributed by atoms with Crippen molar-refractivity contribution in [1.82, 2.24) is 4.98 Å². The quantitative estimate of drug-likeness (QED) is 0.922. The highest BCUT2D eigenvalue weighted by atomic mass is 16.4. The van der Waals surface area contributed by atoms with Gasteiger partial charge in [0.1, 0.15) is 5.82 Å². The number of benzene rings is 1. The average molecular weight is 269 g/mol. The molecule has 1 aromatic heterocycles. The fourth-order valence-corrected chi connectivity index (χ4v) is 2.09. The minimum Gasteiger partial charge on any atom is -0.478 e. The second-order valence-electron chi connectivity index (χ2n) is 4.76. The zero-order chi connectivity index (χ0) is 14.7. The summed E-state index contributed by atoms with van der Waals surface area (Å²) < 4.78 is 0. The van der Waals surface area contributed by atoms with Crippen LogP contribution in [0.15, 0.2) is 30.3 Å². The van der Waals surface area contributed by atoms with Gasteiger partial charge in [-0.05, 0) is 31.2 Å². The number of pyridine rings is 1. The number of aromatic nitrogens is 1. The van der Waals surface area contributed by atoms with Crippen molar-refractivity contribution in [2.75, 3.05) is 18.5 Å². The SMILES string of the molecule is CC(C#N)CN(C)c1ccc2c(C(=O)O)cccc2n1. The van der Waals surface area contributed by atoms with E-state index in [0.717, 1.165) is 5.82 Å². The Balaban J connectivity index is 2.40. The van der Waals surface area contributed by atoms with Crippen molar-refractivity contribution in [2.24, 2.45) is 5.92 Å². The maximum Gasteiger partial charge on any atom is 0.336 e. The lowest BCUT2D eigenvalue weighted by molar-refractivity contribution is 0.0699. The number of hydrogen-bond acceptors (Lipinski definition) is 4. The van der Waals surface area contributed by atoms with Gasteiger partial charge in [-0.2, -0.15) is 5.26 Å². The molecule has 0 spiro atoms. The zero-order valence-electron chi connectivity index (χ0n) is 11.4. The fraction of sp³-hybridized carbons (Fsp3) is 0.267. The van der Waals surface area contributed by atoms with Gasteiger partial charge in [-0.15, -0.1) is 0 Å². The lowest BCUT2D eigenvalue weighted by Crippen LogP contribution is -2.24. The van der Waals surface area contributed by atoms with E-state index in [-0.39, 0.29) is 11.5 Å².